The highest BCUT2D eigenvalue weighted by Crippen LogP contribution is 2.23. The van der Waals surface area contributed by atoms with Crippen molar-refractivity contribution in [1.82, 2.24) is 10.2 Å². The van der Waals surface area contributed by atoms with Crippen molar-refractivity contribution < 1.29 is 29.3 Å². The molecule has 0 saturated carbocycles. The van der Waals surface area contributed by atoms with Crippen LogP contribution >= 0.6 is 0 Å². The average molecular weight is 459 g/mol. The third-order valence-electron chi connectivity index (χ3n) is 5.13. The molecule has 0 aliphatic heterocycles. The first-order valence-corrected chi connectivity index (χ1v) is 11.3. The Kier molecular flexibility index (Phi) is 10.1. The van der Waals surface area contributed by atoms with E-state index in [2.05, 4.69) is 5.32 Å². The summed E-state index contributed by atoms with van der Waals surface area (Å²) < 4.78 is 5.05. The molecule has 2 aromatic rings. The highest BCUT2D eigenvalue weighted by atomic mass is 16.5. The van der Waals surface area contributed by atoms with E-state index in [0.717, 1.165) is 17.2 Å². The van der Waals surface area contributed by atoms with Crippen molar-refractivity contribution in [2.24, 2.45) is 5.92 Å². The van der Waals surface area contributed by atoms with E-state index < -0.39 is 30.1 Å². The fourth-order valence-electron chi connectivity index (χ4n) is 3.47. The highest BCUT2D eigenvalue weighted by molar-refractivity contribution is 5.84. The van der Waals surface area contributed by atoms with E-state index in [4.69, 9.17) is 4.74 Å². The maximum absolute atomic E-state index is 13.1. The van der Waals surface area contributed by atoms with Crippen LogP contribution in [0.4, 0.5) is 4.79 Å². The van der Waals surface area contributed by atoms with E-state index in [1.807, 2.05) is 57.2 Å². The molecule has 180 valence electrons. The Hall–Kier alpha value is -3.13. The quantitative estimate of drug-likeness (QED) is 0.330. The molecule has 8 nitrogen and oxygen atoms in total. The maximum atomic E-state index is 13.1. The molecule has 33 heavy (non-hydrogen) atoms. The number of aliphatic hydroxyl groups is 1. The lowest BCUT2D eigenvalue weighted by atomic mass is 10.00. The normalized spacial score (nSPS) is 12.9. The minimum Gasteiger partial charge on any atom is -0.481 e. The number of nitrogens with one attached hydrogen (secondary N) is 1. The molecule has 3 N–H and O–H groups in total. The van der Waals surface area contributed by atoms with Gasteiger partial charge < -0.3 is 25.2 Å². The second-order valence-electron chi connectivity index (χ2n) is 8.54. The molecule has 0 aromatic heterocycles. The molecule has 2 unspecified atom stereocenters. The van der Waals surface area contributed by atoms with Crippen LogP contribution in [0.1, 0.15) is 51.6 Å². The highest BCUT2D eigenvalue weighted by Gasteiger charge is 2.27. The molecule has 0 bridgehead atoms. The fourth-order valence-corrected chi connectivity index (χ4v) is 3.47. The predicted molar refractivity (Wildman–Crippen MR) is 126 cm³/mol. The van der Waals surface area contributed by atoms with E-state index >= 15 is 0 Å². The van der Waals surface area contributed by atoms with Gasteiger partial charge in [-0.15, -0.1) is 0 Å². The number of carbonyl (C=O) groups is 3. The molecule has 0 radical (unpaired) electrons. The van der Waals surface area contributed by atoms with Crippen molar-refractivity contribution in [3.05, 3.63) is 48.0 Å². The fraction of sp³-hybridized carbons (Fsp3) is 0.480. The lowest BCUT2D eigenvalue weighted by Crippen LogP contribution is -2.48. The SMILES string of the molecule is CCCCOC(=O)C(O)CN(CC(C)C)C(=O)NC(CC(=O)O)c1ccc2ccccc2c1. The van der Waals surface area contributed by atoms with Gasteiger partial charge in [-0.25, -0.2) is 9.59 Å². The molecule has 0 heterocycles. The molecule has 0 aliphatic carbocycles. The van der Waals surface area contributed by atoms with Gasteiger partial charge in [-0.3, -0.25) is 4.79 Å². The Morgan fingerprint density at radius 1 is 1.06 bits per heavy atom. The molecule has 8 heteroatoms. The molecule has 0 fully saturated rings. The van der Waals surface area contributed by atoms with E-state index in [9.17, 15) is 24.6 Å². The van der Waals surface area contributed by atoms with Gasteiger partial charge in [0, 0.05) is 6.54 Å². The van der Waals surface area contributed by atoms with Crippen LogP contribution in [0.5, 0.6) is 0 Å². The van der Waals surface area contributed by atoms with Crippen LogP contribution in [0.25, 0.3) is 10.8 Å². The number of aliphatic carboxylic acids is 1. The van der Waals surface area contributed by atoms with Gasteiger partial charge >= 0.3 is 18.0 Å². The monoisotopic (exact) mass is 458 g/mol. The van der Waals surface area contributed by atoms with Crippen LogP contribution in [0.3, 0.4) is 0 Å². The number of unbranched alkanes of at least 4 members (excludes halogenated alkanes) is 1. The number of fused-ring (bicyclic) bond motifs is 1. The number of hydrogen-bond acceptors (Lipinski definition) is 5. The van der Waals surface area contributed by atoms with Gasteiger partial charge in [-0.05, 0) is 34.7 Å². The van der Waals surface area contributed by atoms with Crippen LogP contribution in [0.2, 0.25) is 0 Å². The van der Waals surface area contributed by atoms with Crippen molar-refractivity contribution in [1.29, 1.82) is 0 Å². The number of carboxylic acids is 1. The smallest absolute Gasteiger partial charge is 0.336 e. The summed E-state index contributed by atoms with van der Waals surface area (Å²) in [6.07, 6.45) is -0.242. The van der Waals surface area contributed by atoms with Crippen LogP contribution in [0.15, 0.2) is 42.5 Å². The summed E-state index contributed by atoms with van der Waals surface area (Å²) in [5.74, 6) is -1.76. The summed E-state index contributed by atoms with van der Waals surface area (Å²) in [5.41, 5.74) is 0.661. The largest absolute Gasteiger partial charge is 0.481 e. The number of esters is 1. The molecule has 2 rings (SSSR count). The van der Waals surface area contributed by atoms with Gasteiger partial charge in [0.05, 0.1) is 25.6 Å². The van der Waals surface area contributed by atoms with Crippen molar-refractivity contribution in [3.8, 4) is 0 Å². The number of benzene rings is 2. The zero-order valence-electron chi connectivity index (χ0n) is 19.5. The summed E-state index contributed by atoms with van der Waals surface area (Å²) in [6.45, 7) is 6.02. The summed E-state index contributed by atoms with van der Waals surface area (Å²) in [7, 11) is 0. The number of rotatable bonds is 12. The van der Waals surface area contributed by atoms with Crippen molar-refractivity contribution in [3.63, 3.8) is 0 Å². The van der Waals surface area contributed by atoms with Crippen LogP contribution in [-0.4, -0.2) is 58.9 Å². The van der Waals surface area contributed by atoms with Crippen molar-refractivity contribution >= 4 is 28.7 Å². The molecule has 2 atom stereocenters. The van der Waals surface area contributed by atoms with E-state index in [0.29, 0.717) is 12.0 Å². The van der Waals surface area contributed by atoms with Crippen LogP contribution < -0.4 is 5.32 Å². The van der Waals surface area contributed by atoms with Crippen LogP contribution in [0, 0.1) is 5.92 Å². The molecule has 2 amide bonds. The van der Waals surface area contributed by atoms with Gasteiger partial charge in [0.25, 0.3) is 0 Å². The molecular weight excluding hydrogens is 424 g/mol. The third kappa shape index (κ3) is 8.38. The first-order chi connectivity index (χ1) is 15.7. The minimum absolute atomic E-state index is 0.0673. The standard InChI is InChI=1S/C25H34N2O6/c1-4-5-12-33-24(31)22(28)16-27(15-17(2)3)25(32)26-21(14-23(29)30)20-11-10-18-8-6-7-9-19(18)13-20/h6-11,13,17,21-22,28H,4-5,12,14-16H2,1-3H3,(H,26,32)(H,29,30). The van der Waals surface area contributed by atoms with Crippen LogP contribution in [-0.2, 0) is 14.3 Å². The zero-order valence-corrected chi connectivity index (χ0v) is 19.5. The van der Waals surface area contributed by atoms with Gasteiger partial charge in [-0.1, -0.05) is 63.6 Å². The molecule has 0 spiro atoms. The Morgan fingerprint density at radius 2 is 1.76 bits per heavy atom. The third-order valence-corrected chi connectivity index (χ3v) is 5.13. The first kappa shape index (κ1) is 26.1. The maximum Gasteiger partial charge on any atom is 0.336 e. The summed E-state index contributed by atoms with van der Waals surface area (Å²) in [5, 5.41) is 24.4. The molecular formula is C25H34N2O6. The summed E-state index contributed by atoms with van der Waals surface area (Å²) in [4.78, 5) is 38.0. The van der Waals surface area contributed by atoms with E-state index in [1.54, 1.807) is 6.07 Å². The van der Waals surface area contributed by atoms with Gasteiger partial charge in [0.15, 0.2) is 6.10 Å². The van der Waals surface area contributed by atoms with E-state index in [1.165, 1.54) is 4.90 Å². The number of urea groups is 1. The minimum atomic E-state index is -1.48. The van der Waals surface area contributed by atoms with Crippen molar-refractivity contribution in [2.75, 3.05) is 19.7 Å². The summed E-state index contributed by atoms with van der Waals surface area (Å²) in [6, 6.07) is 11.9. The van der Waals surface area contributed by atoms with Gasteiger partial charge in [-0.2, -0.15) is 0 Å². The number of carbonyl (C=O) groups excluding carboxylic acids is 2. The number of aliphatic hydroxyl groups excluding tert-OH is 1. The Balaban J connectivity index is 2.17. The Morgan fingerprint density at radius 3 is 2.39 bits per heavy atom. The number of carboxylic acid groups (broad SMARTS) is 1. The number of nitrogens with zero attached hydrogens (tertiary/aromatic N) is 1. The zero-order chi connectivity index (χ0) is 24.4. The van der Waals surface area contributed by atoms with E-state index in [-0.39, 0.29) is 32.0 Å². The Bertz CT molecular complexity index is 945. The van der Waals surface area contributed by atoms with Crippen molar-refractivity contribution in [2.45, 2.75) is 52.2 Å². The Labute approximate surface area is 194 Å². The molecule has 2 aromatic carbocycles. The van der Waals surface area contributed by atoms with Gasteiger partial charge in [0.2, 0.25) is 0 Å². The number of amides is 2. The average Bonchev–Trinajstić information content (AvgIpc) is 2.77. The lowest BCUT2D eigenvalue weighted by molar-refractivity contribution is -0.154. The van der Waals surface area contributed by atoms with Gasteiger partial charge in [0.1, 0.15) is 0 Å². The molecule has 0 aliphatic rings. The lowest BCUT2D eigenvalue weighted by Gasteiger charge is -2.29. The first-order valence-electron chi connectivity index (χ1n) is 11.3. The number of hydrogen-bond donors (Lipinski definition) is 3. The summed E-state index contributed by atoms with van der Waals surface area (Å²) >= 11 is 0. The topological polar surface area (TPSA) is 116 Å². The predicted octanol–water partition coefficient (Wildman–Crippen LogP) is 3.73. The number of ether oxygens (including phenoxy) is 1. The second kappa shape index (κ2) is 12.8. The second-order valence-corrected chi connectivity index (χ2v) is 8.54. The molecule has 0 saturated heterocycles.